The Bertz CT molecular complexity index is 1620. The van der Waals surface area contributed by atoms with Gasteiger partial charge in [-0.05, 0) is 203 Å². The van der Waals surface area contributed by atoms with E-state index >= 15 is 0 Å². The molecule has 0 saturated heterocycles. The summed E-state index contributed by atoms with van der Waals surface area (Å²) in [6.45, 7) is 101. The lowest BCUT2D eigenvalue weighted by molar-refractivity contribution is -0.129. The number of nitrogens with one attached hydrogen (secondary N) is 4. The second-order valence-corrected chi connectivity index (χ2v) is 37.0. The van der Waals surface area contributed by atoms with Crippen molar-refractivity contribution in [1.29, 1.82) is 0 Å². The minimum absolute atomic E-state index is 0.0961. The van der Waals surface area contributed by atoms with Gasteiger partial charge in [-0.15, -0.1) is 0 Å². The third kappa shape index (κ3) is 129. The number of hydrogen-bond donors (Lipinski definition) is 4. The van der Waals surface area contributed by atoms with Crippen molar-refractivity contribution in [2.45, 2.75) is 373 Å². The zero-order valence-corrected chi connectivity index (χ0v) is 75.2. The number of carbonyl (C=O) groups is 3. The molecule has 13 nitrogen and oxygen atoms in total. The molecule has 0 bridgehead atoms. The highest BCUT2D eigenvalue weighted by Crippen LogP contribution is 2.50. The zero-order valence-electron chi connectivity index (χ0n) is 75.2. The summed E-state index contributed by atoms with van der Waals surface area (Å²) in [5.41, 5.74) is 1.07. The van der Waals surface area contributed by atoms with Crippen molar-refractivity contribution in [2.24, 2.45) is 86.8 Å². The number of hydrogen-bond acceptors (Lipinski definition) is 12. The maximum absolute atomic E-state index is 11.3. The van der Waals surface area contributed by atoms with Crippen LogP contribution in [-0.4, -0.2) is 127 Å². The average molecular weight is 1420 g/mol. The van der Waals surface area contributed by atoms with E-state index in [2.05, 4.69) is 235 Å². The molecule has 0 radical (unpaired) electrons. The molecule has 0 heterocycles. The van der Waals surface area contributed by atoms with E-state index in [9.17, 15) is 14.4 Å². The van der Waals surface area contributed by atoms with Crippen molar-refractivity contribution >= 4 is 17.5 Å². The van der Waals surface area contributed by atoms with Gasteiger partial charge in [0.2, 0.25) is 5.91 Å². The Hall–Kier alpha value is -1.97. The van der Waals surface area contributed by atoms with E-state index in [0.29, 0.717) is 88.8 Å². The minimum Gasteiger partial charge on any atom is -0.499 e. The molecule has 0 aromatic carbocycles. The number of ketones is 2. The maximum Gasteiger partial charge on any atom is 0.225 e. The van der Waals surface area contributed by atoms with E-state index in [-0.39, 0.29) is 41.7 Å². The zero-order chi connectivity index (χ0) is 80.1. The number of amides is 1. The molecule has 1 rings (SSSR count). The smallest absolute Gasteiger partial charge is 0.225 e. The van der Waals surface area contributed by atoms with Gasteiger partial charge < -0.3 is 44.4 Å². The lowest BCUT2D eigenvalue weighted by atomic mass is 9.95. The van der Waals surface area contributed by atoms with E-state index < -0.39 is 0 Å². The van der Waals surface area contributed by atoms with Crippen LogP contribution in [0.15, 0.2) is 12.3 Å². The molecule has 1 fully saturated rings. The van der Waals surface area contributed by atoms with Gasteiger partial charge in [-0.25, -0.2) is 0 Å². The first-order valence-corrected chi connectivity index (χ1v) is 39.6. The SMILES string of the molecule is CC(C)C/C=C/OC(C)C.CC(C)CC1(COC(C)C)CC1.CC(C)CCC(=O)C(C)C.CC(C)CNC(=O)C(C)(C)C.CC(C)CNC(C)C.CC(C)CNCC(C)(C)C.CC(C)CNCOC(C)C.CC(C)COC(C)C.CC(C)COCC(C)(C)C.CC(C)OCC(=O)C(C)C. The summed E-state index contributed by atoms with van der Waals surface area (Å²) in [6, 6.07) is 0.636. The minimum atomic E-state index is -0.255. The second kappa shape index (κ2) is 70.3. The molecule has 1 aliphatic rings. The third-order valence-corrected chi connectivity index (χ3v) is 12.7. The summed E-state index contributed by atoms with van der Waals surface area (Å²) in [4.78, 5) is 33.2. The molecule has 0 aromatic heterocycles. The second-order valence-electron chi connectivity index (χ2n) is 37.0. The molecule has 13 heteroatoms. The number of allylic oxidation sites excluding steroid dienone is 1. The summed E-state index contributed by atoms with van der Waals surface area (Å²) >= 11 is 0. The average Bonchev–Trinajstić information content (AvgIpc) is 1.67. The Kier molecular flexibility index (Phi) is 82.0. The lowest BCUT2D eigenvalue weighted by Crippen LogP contribution is -2.36. The van der Waals surface area contributed by atoms with Gasteiger partial charge >= 0.3 is 0 Å². The molecule has 1 saturated carbocycles. The van der Waals surface area contributed by atoms with Crippen molar-refractivity contribution in [1.82, 2.24) is 21.3 Å². The van der Waals surface area contributed by atoms with Crippen LogP contribution >= 0.6 is 0 Å². The van der Waals surface area contributed by atoms with Gasteiger partial charge in [0, 0.05) is 49.5 Å². The predicted octanol–water partition coefficient (Wildman–Crippen LogP) is 22.6. The Morgan fingerprint density at radius 2 is 0.869 bits per heavy atom. The Labute approximate surface area is 622 Å². The van der Waals surface area contributed by atoms with Gasteiger partial charge in [-0.3, -0.25) is 19.7 Å². The van der Waals surface area contributed by atoms with Crippen molar-refractivity contribution in [3.63, 3.8) is 0 Å². The van der Waals surface area contributed by atoms with Crippen molar-refractivity contribution in [3.8, 4) is 0 Å². The summed E-state index contributed by atoms with van der Waals surface area (Å²) in [5.74, 6) is 7.32. The van der Waals surface area contributed by atoms with E-state index in [1.807, 2.05) is 90.0 Å². The lowest BCUT2D eigenvalue weighted by Gasteiger charge is -2.19. The van der Waals surface area contributed by atoms with Crippen LogP contribution in [0.4, 0.5) is 0 Å². The molecule has 0 unspecified atom stereocenters. The quantitative estimate of drug-likeness (QED) is 0.0268. The molecule has 0 spiro atoms. The third-order valence-electron chi connectivity index (χ3n) is 12.7. The summed E-state index contributed by atoms with van der Waals surface area (Å²) in [5, 5.41) is 12.8. The molecule has 1 amide bonds. The fourth-order valence-electron chi connectivity index (χ4n) is 6.80. The maximum atomic E-state index is 11.3. The van der Waals surface area contributed by atoms with Crippen LogP contribution in [-0.2, 0) is 42.8 Å². The molecule has 4 N–H and O–H groups in total. The van der Waals surface area contributed by atoms with Gasteiger partial charge in [-0.2, -0.15) is 0 Å². The van der Waals surface area contributed by atoms with Crippen molar-refractivity contribution in [3.05, 3.63) is 12.3 Å². The van der Waals surface area contributed by atoms with Gasteiger partial charge in [0.15, 0.2) is 5.78 Å². The molecular formula is C86H186N4O9. The first kappa shape index (κ1) is 115. The topological polar surface area (TPSA) is 155 Å². The molecule has 99 heavy (non-hydrogen) atoms. The van der Waals surface area contributed by atoms with Crippen LogP contribution in [0.3, 0.4) is 0 Å². The largest absolute Gasteiger partial charge is 0.499 e. The van der Waals surface area contributed by atoms with Crippen LogP contribution in [0.5, 0.6) is 0 Å². The fourth-order valence-corrected chi connectivity index (χ4v) is 6.80. The van der Waals surface area contributed by atoms with Gasteiger partial charge in [0.05, 0.1) is 56.7 Å². The first-order chi connectivity index (χ1) is 44.8. The number of ether oxygens (including phenoxy) is 6. The highest BCUT2D eigenvalue weighted by atomic mass is 16.5. The standard InChI is InChI=1S/C11H22O.C9H19NO.C9H21N.C9H20O.2C9H18O.C8H19NO.C8H16O2.C7H17N.C7H16O/c1-9(2)7-11(5-6-11)8-12-10(3)4;1-7(2)6-10-8(11)9(3,4)5;2*1-8(2)6-10-7-9(3,4)5;1-8(2)6-5-7-10-9(3)4;1-7(2)5-6-9(10)8(3)4;1-7(2)5-9-6-10-8(3)4;1-6(2)8(9)5-10-7(3)4;2*1-6(2)5-8-7(3)4/h9-10H,5-8H2,1-4H3;7H,6H2,1-5H3,(H,10,11);8,10H,6-7H2,1-5H3;8H,6-7H2,1-5H3;5,7-9H,6H2,1-4H3;7-8H,5-6H2,1-4H3;7-9H,5-6H2,1-4H3;6-7H,5H2,1-4H3;6-8H,5H2,1-4H3;6-7H,5H2,1-4H3/b;;;;7-5+;;;;;. The summed E-state index contributed by atoms with van der Waals surface area (Å²) in [7, 11) is 0. The van der Waals surface area contributed by atoms with Crippen LogP contribution < -0.4 is 21.3 Å². The fraction of sp³-hybridized carbons (Fsp3) is 0.942. The molecule has 0 atom stereocenters. The van der Waals surface area contributed by atoms with Gasteiger partial charge in [-0.1, -0.05) is 228 Å². The summed E-state index contributed by atoms with van der Waals surface area (Å²) < 4.78 is 32.0. The molecular weight excluding hydrogens is 1230 g/mol. The highest BCUT2D eigenvalue weighted by molar-refractivity contribution is 5.81. The number of carbonyl (C=O) groups excluding carboxylic acids is 3. The van der Waals surface area contributed by atoms with E-state index in [0.717, 1.165) is 102 Å². The van der Waals surface area contributed by atoms with Crippen LogP contribution in [0.25, 0.3) is 0 Å². The van der Waals surface area contributed by atoms with Crippen LogP contribution in [0.1, 0.15) is 336 Å². The number of Topliss-reactive ketones (excluding diaryl/α,β-unsaturated/α-hetero) is 2. The van der Waals surface area contributed by atoms with Gasteiger partial charge in [0.25, 0.3) is 0 Å². The van der Waals surface area contributed by atoms with Crippen molar-refractivity contribution < 1.29 is 42.8 Å². The van der Waals surface area contributed by atoms with Crippen LogP contribution in [0, 0.1) is 86.8 Å². The predicted molar refractivity (Wildman–Crippen MR) is 439 cm³/mol. The first-order valence-electron chi connectivity index (χ1n) is 39.6. The van der Waals surface area contributed by atoms with E-state index in [1.165, 1.54) is 19.3 Å². The summed E-state index contributed by atoms with van der Waals surface area (Å²) in [6.07, 6.45) is 12.5. The molecule has 0 aromatic rings. The highest BCUT2D eigenvalue weighted by Gasteiger charge is 2.43. The molecule has 1 aliphatic carbocycles. The number of rotatable bonds is 36. The molecule has 604 valence electrons. The van der Waals surface area contributed by atoms with Crippen LogP contribution in [0.2, 0.25) is 0 Å². The van der Waals surface area contributed by atoms with Gasteiger partial charge in [0.1, 0.15) is 12.4 Å². The normalized spacial score (nSPS) is 12.7. The Morgan fingerprint density at radius 3 is 1.16 bits per heavy atom. The van der Waals surface area contributed by atoms with Crippen molar-refractivity contribution in [2.75, 3.05) is 72.5 Å². The monoisotopic (exact) mass is 1420 g/mol. The molecule has 0 aliphatic heterocycles. The Balaban J connectivity index is -0.000000130. The van der Waals surface area contributed by atoms with E-state index in [1.54, 1.807) is 6.26 Å². The Morgan fingerprint density at radius 1 is 0.434 bits per heavy atom. The van der Waals surface area contributed by atoms with E-state index in [4.69, 9.17) is 28.4 Å².